The zero-order valence-electron chi connectivity index (χ0n) is 7.40. The molecule has 0 aliphatic rings. The highest BCUT2D eigenvalue weighted by atomic mass is 32.1. The Morgan fingerprint density at radius 2 is 2.57 bits per heavy atom. The van der Waals surface area contributed by atoms with Crippen molar-refractivity contribution in [1.29, 1.82) is 0 Å². The number of hydrogen-bond acceptors (Lipinski definition) is 6. The molecule has 6 nitrogen and oxygen atoms in total. The van der Waals surface area contributed by atoms with Crippen LogP contribution in [0.2, 0.25) is 0 Å². The van der Waals surface area contributed by atoms with Gasteiger partial charge in [-0.05, 0) is 6.92 Å². The zero-order valence-corrected chi connectivity index (χ0v) is 8.22. The number of rotatable bonds is 3. The van der Waals surface area contributed by atoms with Gasteiger partial charge >= 0.3 is 10.9 Å². The maximum atomic E-state index is 10.8. The summed E-state index contributed by atoms with van der Waals surface area (Å²) < 4.78 is 4.83. The Balaban J connectivity index is 1.98. The van der Waals surface area contributed by atoms with Crippen molar-refractivity contribution < 1.29 is 4.52 Å². The first kappa shape index (κ1) is 8.95. The van der Waals surface area contributed by atoms with Crippen molar-refractivity contribution in [2.24, 2.45) is 0 Å². The average molecular weight is 212 g/mol. The van der Waals surface area contributed by atoms with Crippen molar-refractivity contribution in [3.05, 3.63) is 26.6 Å². The third kappa shape index (κ3) is 1.99. The molecule has 2 rings (SSSR count). The monoisotopic (exact) mass is 212 g/mol. The van der Waals surface area contributed by atoms with Crippen LogP contribution in [0.4, 0.5) is 6.01 Å². The summed E-state index contributed by atoms with van der Waals surface area (Å²) in [5, 5.41) is 8.26. The highest BCUT2D eigenvalue weighted by Gasteiger charge is 2.02. The molecule has 7 heteroatoms. The van der Waals surface area contributed by atoms with Gasteiger partial charge in [0.2, 0.25) is 0 Å². The number of aromatic amines is 1. The Kier molecular flexibility index (Phi) is 2.32. The van der Waals surface area contributed by atoms with Crippen LogP contribution in [0, 0.1) is 6.92 Å². The lowest BCUT2D eigenvalue weighted by atomic mass is 10.5. The molecule has 0 spiro atoms. The van der Waals surface area contributed by atoms with E-state index in [9.17, 15) is 4.79 Å². The number of thiazole rings is 1. The number of nitrogens with zero attached hydrogens (tertiary/aromatic N) is 2. The normalized spacial score (nSPS) is 10.4. The van der Waals surface area contributed by atoms with E-state index in [4.69, 9.17) is 4.52 Å². The van der Waals surface area contributed by atoms with E-state index in [1.165, 1.54) is 0 Å². The second kappa shape index (κ2) is 3.62. The quantitative estimate of drug-likeness (QED) is 0.784. The number of aryl methyl sites for hydroxylation is 1. The topological polar surface area (TPSA) is 83.8 Å². The summed E-state index contributed by atoms with van der Waals surface area (Å²) in [6, 6.07) is 0.356. The maximum absolute atomic E-state index is 10.8. The first-order valence-electron chi connectivity index (χ1n) is 3.95. The SMILES string of the molecule is Cc1noc(NCc2csc(=O)[nH]2)n1. The number of H-pyrrole nitrogens is 1. The highest BCUT2D eigenvalue weighted by molar-refractivity contribution is 7.07. The Labute approximate surface area is 83.0 Å². The molecule has 0 amide bonds. The lowest BCUT2D eigenvalue weighted by molar-refractivity contribution is 0.425. The highest BCUT2D eigenvalue weighted by Crippen LogP contribution is 2.04. The van der Waals surface area contributed by atoms with Crippen molar-refractivity contribution in [2.75, 3.05) is 5.32 Å². The van der Waals surface area contributed by atoms with Crippen molar-refractivity contribution in [3.63, 3.8) is 0 Å². The van der Waals surface area contributed by atoms with Crippen molar-refractivity contribution >= 4 is 17.4 Å². The van der Waals surface area contributed by atoms with E-state index in [0.29, 0.717) is 18.4 Å². The van der Waals surface area contributed by atoms with Gasteiger partial charge in [0.05, 0.1) is 6.54 Å². The average Bonchev–Trinajstić information content (AvgIpc) is 2.72. The third-order valence-electron chi connectivity index (χ3n) is 1.53. The number of nitrogens with one attached hydrogen (secondary N) is 2. The predicted octanol–water partition coefficient (Wildman–Crippen LogP) is 0.740. The van der Waals surface area contributed by atoms with Crippen LogP contribution in [-0.4, -0.2) is 15.1 Å². The minimum atomic E-state index is -0.0662. The standard InChI is InChI=1S/C7H8N4O2S/c1-4-9-6(13-11-4)8-2-5-3-14-7(12)10-5/h3H,2H2,1H3,(H,10,12)(H,8,9,11). The summed E-state index contributed by atoms with van der Waals surface area (Å²) in [5.74, 6) is 0.575. The Morgan fingerprint density at radius 1 is 1.71 bits per heavy atom. The van der Waals surface area contributed by atoms with Crippen molar-refractivity contribution in [1.82, 2.24) is 15.1 Å². The molecule has 0 fully saturated rings. The molecule has 0 saturated carbocycles. The van der Waals surface area contributed by atoms with Crippen LogP contribution in [-0.2, 0) is 6.54 Å². The molecule has 2 aromatic rings. The van der Waals surface area contributed by atoms with Crippen LogP contribution in [0.25, 0.3) is 0 Å². The molecule has 2 heterocycles. The summed E-state index contributed by atoms with van der Waals surface area (Å²) >= 11 is 1.13. The Hall–Kier alpha value is -1.63. The summed E-state index contributed by atoms with van der Waals surface area (Å²) in [7, 11) is 0. The van der Waals surface area contributed by atoms with E-state index in [2.05, 4.69) is 20.4 Å². The smallest absolute Gasteiger partial charge is 0.321 e. The summed E-state index contributed by atoms with van der Waals surface area (Å²) in [5.41, 5.74) is 0.802. The zero-order chi connectivity index (χ0) is 9.97. The van der Waals surface area contributed by atoms with Gasteiger partial charge in [-0.15, -0.1) is 0 Å². The summed E-state index contributed by atoms with van der Waals surface area (Å²) in [6.45, 7) is 2.21. The van der Waals surface area contributed by atoms with Crippen LogP contribution in [0.15, 0.2) is 14.7 Å². The third-order valence-corrected chi connectivity index (χ3v) is 2.25. The van der Waals surface area contributed by atoms with Gasteiger partial charge in [0.1, 0.15) is 0 Å². The number of aromatic nitrogens is 3. The molecule has 2 aromatic heterocycles. The molecule has 0 unspecified atom stereocenters. The van der Waals surface area contributed by atoms with Gasteiger partial charge in [0.25, 0.3) is 0 Å². The summed E-state index contributed by atoms with van der Waals surface area (Å²) in [6.07, 6.45) is 0. The Bertz CT molecular complexity index is 472. The largest absolute Gasteiger partial charge is 0.332 e. The second-order valence-electron chi connectivity index (χ2n) is 2.67. The fourth-order valence-corrected chi connectivity index (χ4v) is 1.52. The van der Waals surface area contributed by atoms with Crippen molar-refractivity contribution in [3.8, 4) is 0 Å². The molecule has 0 aromatic carbocycles. The van der Waals surface area contributed by atoms with Crippen LogP contribution in [0.5, 0.6) is 0 Å². The molecular weight excluding hydrogens is 204 g/mol. The first-order chi connectivity index (χ1) is 6.74. The minimum absolute atomic E-state index is 0.0662. The molecule has 0 aliphatic heterocycles. The lowest BCUT2D eigenvalue weighted by Gasteiger charge is -1.95. The van der Waals surface area contributed by atoms with Crippen LogP contribution in [0.3, 0.4) is 0 Å². The first-order valence-corrected chi connectivity index (χ1v) is 4.83. The van der Waals surface area contributed by atoms with E-state index >= 15 is 0 Å². The molecular formula is C7H8N4O2S. The maximum Gasteiger partial charge on any atom is 0.321 e. The molecule has 0 radical (unpaired) electrons. The van der Waals surface area contributed by atoms with Gasteiger partial charge in [0.15, 0.2) is 5.82 Å². The van der Waals surface area contributed by atoms with E-state index in [-0.39, 0.29) is 4.87 Å². The van der Waals surface area contributed by atoms with Gasteiger partial charge in [-0.2, -0.15) is 4.98 Å². The van der Waals surface area contributed by atoms with Crippen LogP contribution >= 0.6 is 11.3 Å². The van der Waals surface area contributed by atoms with Gasteiger partial charge < -0.3 is 14.8 Å². The molecule has 0 aliphatic carbocycles. The van der Waals surface area contributed by atoms with E-state index in [0.717, 1.165) is 17.0 Å². The van der Waals surface area contributed by atoms with Gasteiger partial charge in [-0.1, -0.05) is 16.5 Å². The summed E-state index contributed by atoms with van der Waals surface area (Å²) in [4.78, 5) is 17.3. The number of hydrogen-bond donors (Lipinski definition) is 2. The van der Waals surface area contributed by atoms with Gasteiger partial charge in [-0.3, -0.25) is 4.79 Å². The van der Waals surface area contributed by atoms with Gasteiger partial charge in [0, 0.05) is 11.1 Å². The van der Waals surface area contributed by atoms with Gasteiger partial charge in [-0.25, -0.2) is 0 Å². The van der Waals surface area contributed by atoms with E-state index < -0.39 is 0 Å². The molecule has 0 saturated heterocycles. The van der Waals surface area contributed by atoms with E-state index in [1.54, 1.807) is 12.3 Å². The minimum Gasteiger partial charge on any atom is -0.332 e. The molecule has 14 heavy (non-hydrogen) atoms. The van der Waals surface area contributed by atoms with Crippen LogP contribution in [0.1, 0.15) is 11.5 Å². The molecule has 0 bridgehead atoms. The fraction of sp³-hybridized carbons (Fsp3) is 0.286. The van der Waals surface area contributed by atoms with E-state index in [1.807, 2.05) is 0 Å². The molecule has 0 atom stereocenters. The molecule has 74 valence electrons. The second-order valence-corrected chi connectivity index (χ2v) is 3.52. The predicted molar refractivity (Wildman–Crippen MR) is 51.3 cm³/mol. The lowest BCUT2D eigenvalue weighted by Crippen LogP contribution is -2.02. The fourth-order valence-electron chi connectivity index (χ4n) is 0.940. The number of anilines is 1. The van der Waals surface area contributed by atoms with Crippen LogP contribution < -0.4 is 10.2 Å². The molecule has 2 N–H and O–H groups in total. The Morgan fingerprint density at radius 3 is 3.14 bits per heavy atom. The van der Waals surface area contributed by atoms with Crippen molar-refractivity contribution in [2.45, 2.75) is 13.5 Å².